The van der Waals surface area contributed by atoms with Gasteiger partial charge in [0.2, 0.25) is 0 Å². The second kappa shape index (κ2) is 10.2. The summed E-state index contributed by atoms with van der Waals surface area (Å²) in [4.78, 5) is 12.3. The van der Waals surface area contributed by atoms with E-state index in [4.69, 9.17) is 14.2 Å². The summed E-state index contributed by atoms with van der Waals surface area (Å²) in [6.45, 7) is 3.44. The molecule has 2 rings (SSSR count). The van der Waals surface area contributed by atoms with Crippen molar-refractivity contribution in [1.29, 1.82) is 0 Å². The Labute approximate surface area is 172 Å². The molecule has 2 aromatic rings. The van der Waals surface area contributed by atoms with Crippen molar-refractivity contribution in [3.8, 4) is 17.2 Å². The number of hydrogen-bond acceptors (Lipinski definition) is 5. The molecular weight excluding hydrogens is 403 g/mol. The zero-order valence-corrected chi connectivity index (χ0v) is 16.8. The molecule has 0 aliphatic carbocycles. The van der Waals surface area contributed by atoms with Gasteiger partial charge in [-0.3, -0.25) is 4.79 Å². The third kappa shape index (κ3) is 6.84. The highest BCUT2D eigenvalue weighted by Gasteiger charge is 2.30. The number of halogens is 3. The molecule has 0 aromatic heterocycles. The number of aliphatic hydroxyl groups excluding tert-OH is 1. The number of carbonyl (C=O) groups is 1. The van der Waals surface area contributed by atoms with Gasteiger partial charge in [0.05, 0.1) is 18.8 Å². The van der Waals surface area contributed by atoms with Gasteiger partial charge >= 0.3 is 6.18 Å². The van der Waals surface area contributed by atoms with Crippen LogP contribution < -0.4 is 19.5 Å². The molecule has 0 radical (unpaired) electrons. The highest BCUT2D eigenvalue weighted by molar-refractivity contribution is 5.94. The summed E-state index contributed by atoms with van der Waals surface area (Å²) in [5.74, 6) is 0.661. The second-order valence-corrected chi connectivity index (χ2v) is 6.73. The number of hydrogen-bond donors (Lipinski definition) is 2. The summed E-state index contributed by atoms with van der Waals surface area (Å²) in [5.41, 5.74) is -0.471. The SMILES string of the molecule is COc1cc(C(=O)NCC(O)COc2ccc(C(F)(F)F)cc2)ccc1OC(C)C. The minimum Gasteiger partial charge on any atom is -0.493 e. The van der Waals surface area contributed by atoms with Crippen molar-refractivity contribution >= 4 is 5.91 Å². The van der Waals surface area contributed by atoms with E-state index >= 15 is 0 Å². The predicted octanol–water partition coefficient (Wildman–Crippen LogP) is 3.67. The molecule has 0 aliphatic rings. The van der Waals surface area contributed by atoms with E-state index in [2.05, 4.69) is 5.32 Å². The minimum atomic E-state index is -4.43. The van der Waals surface area contributed by atoms with E-state index in [1.165, 1.54) is 25.3 Å². The molecule has 1 amide bonds. The molecule has 0 bridgehead atoms. The van der Waals surface area contributed by atoms with Crippen LogP contribution in [0.5, 0.6) is 17.2 Å². The molecule has 6 nitrogen and oxygen atoms in total. The van der Waals surface area contributed by atoms with Crippen molar-refractivity contribution in [2.75, 3.05) is 20.3 Å². The molecule has 2 aromatic carbocycles. The van der Waals surface area contributed by atoms with Gasteiger partial charge in [-0.15, -0.1) is 0 Å². The van der Waals surface area contributed by atoms with Crippen LogP contribution >= 0.6 is 0 Å². The van der Waals surface area contributed by atoms with Gasteiger partial charge in [0.1, 0.15) is 18.5 Å². The largest absolute Gasteiger partial charge is 0.493 e. The number of aliphatic hydroxyl groups is 1. The van der Waals surface area contributed by atoms with E-state index < -0.39 is 23.8 Å². The maximum absolute atomic E-state index is 12.5. The lowest BCUT2D eigenvalue weighted by Gasteiger charge is -2.16. The Kier molecular flexibility index (Phi) is 7.93. The lowest BCUT2D eigenvalue weighted by Crippen LogP contribution is -2.35. The Balaban J connectivity index is 1.85. The van der Waals surface area contributed by atoms with Gasteiger partial charge in [-0.05, 0) is 56.3 Å². The van der Waals surface area contributed by atoms with Crippen LogP contribution in [-0.4, -0.2) is 43.5 Å². The third-order valence-electron chi connectivity index (χ3n) is 3.91. The van der Waals surface area contributed by atoms with Crippen molar-refractivity contribution in [1.82, 2.24) is 5.32 Å². The van der Waals surface area contributed by atoms with Gasteiger partial charge < -0.3 is 24.6 Å². The van der Waals surface area contributed by atoms with Gasteiger partial charge in [0, 0.05) is 12.1 Å². The summed E-state index contributed by atoms with van der Waals surface area (Å²) >= 11 is 0. The average Bonchev–Trinajstić information content (AvgIpc) is 2.70. The molecule has 2 N–H and O–H groups in total. The van der Waals surface area contributed by atoms with E-state index in [9.17, 15) is 23.1 Å². The Bertz CT molecular complexity index is 838. The summed E-state index contributed by atoms with van der Waals surface area (Å²) in [6, 6.07) is 8.84. The summed E-state index contributed by atoms with van der Waals surface area (Å²) in [5, 5.41) is 12.5. The first-order valence-electron chi connectivity index (χ1n) is 9.21. The van der Waals surface area contributed by atoms with Crippen molar-refractivity contribution in [3.63, 3.8) is 0 Å². The molecule has 30 heavy (non-hydrogen) atoms. The first-order valence-corrected chi connectivity index (χ1v) is 9.21. The van der Waals surface area contributed by atoms with Gasteiger partial charge in [-0.1, -0.05) is 0 Å². The molecule has 0 saturated heterocycles. The van der Waals surface area contributed by atoms with E-state index in [0.717, 1.165) is 12.1 Å². The lowest BCUT2D eigenvalue weighted by molar-refractivity contribution is -0.137. The van der Waals surface area contributed by atoms with Crippen LogP contribution in [0, 0.1) is 0 Å². The number of benzene rings is 2. The molecule has 0 heterocycles. The van der Waals surface area contributed by atoms with Crippen LogP contribution in [0.15, 0.2) is 42.5 Å². The molecule has 1 atom stereocenters. The van der Waals surface area contributed by atoms with Crippen LogP contribution in [-0.2, 0) is 6.18 Å². The van der Waals surface area contributed by atoms with Gasteiger partial charge in [-0.2, -0.15) is 13.2 Å². The fourth-order valence-electron chi connectivity index (χ4n) is 2.46. The second-order valence-electron chi connectivity index (χ2n) is 6.73. The van der Waals surface area contributed by atoms with Crippen molar-refractivity contribution in [2.24, 2.45) is 0 Å². The van der Waals surface area contributed by atoms with Crippen LogP contribution in [0.3, 0.4) is 0 Å². The predicted molar refractivity (Wildman–Crippen MR) is 104 cm³/mol. The number of rotatable bonds is 9. The topological polar surface area (TPSA) is 77.0 Å². The number of amides is 1. The fourth-order valence-corrected chi connectivity index (χ4v) is 2.46. The first kappa shape index (κ1) is 23.3. The minimum absolute atomic E-state index is 0.0570. The molecule has 0 saturated carbocycles. The summed E-state index contributed by atoms with van der Waals surface area (Å²) in [6.07, 6.45) is -5.54. The smallest absolute Gasteiger partial charge is 0.416 e. The Morgan fingerprint density at radius 3 is 2.33 bits per heavy atom. The molecule has 0 aliphatic heterocycles. The molecule has 164 valence electrons. The quantitative estimate of drug-likeness (QED) is 0.639. The van der Waals surface area contributed by atoms with Crippen LogP contribution in [0.1, 0.15) is 29.8 Å². The Hall–Kier alpha value is -2.94. The molecular formula is C21H24F3NO5. The third-order valence-corrected chi connectivity index (χ3v) is 3.91. The van der Waals surface area contributed by atoms with E-state index in [1.807, 2.05) is 13.8 Å². The highest BCUT2D eigenvalue weighted by Crippen LogP contribution is 2.30. The van der Waals surface area contributed by atoms with Crippen LogP contribution in [0.2, 0.25) is 0 Å². The standard InChI is InChI=1S/C21H24F3NO5/c1-13(2)30-18-9-4-14(10-19(18)28-3)20(27)25-11-16(26)12-29-17-7-5-15(6-8-17)21(22,23)24/h4-10,13,16,26H,11-12H2,1-3H3,(H,25,27). The zero-order valence-electron chi connectivity index (χ0n) is 16.8. The maximum atomic E-state index is 12.5. The lowest BCUT2D eigenvalue weighted by atomic mass is 10.2. The number of methoxy groups -OCH3 is 1. The van der Waals surface area contributed by atoms with Crippen molar-refractivity contribution < 1.29 is 37.3 Å². The van der Waals surface area contributed by atoms with Crippen molar-refractivity contribution in [2.45, 2.75) is 32.2 Å². The molecule has 9 heteroatoms. The average molecular weight is 427 g/mol. The van der Waals surface area contributed by atoms with E-state index in [0.29, 0.717) is 17.1 Å². The Morgan fingerprint density at radius 2 is 1.77 bits per heavy atom. The number of alkyl halides is 3. The normalized spacial score (nSPS) is 12.4. The van der Waals surface area contributed by atoms with Gasteiger partial charge in [-0.25, -0.2) is 0 Å². The molecule has 0 fully saturated rings. The number of nitrogens with one attached hydrogen (secondary N) is 1. The highest BCUT2D eigenvalue weighted by atomic mass is 19.4. The van der Waals surface area contributed by atoms with Crippen LogP contribution in [0.4, 0.5) is 13.2 Å². The molecule has 0 spiro atoms. The van der Waals surface area contributed by atoms with Crippen LogP contribution in [0.25, 0.3) is 0 Å². The monoisotopic (exact) mass is 427 g/mol. The number of ether oxygens (including phenoxy) is 3. The maximum Gasteiger partial charge on any atom is 0.416 e. The number of carbonyl (C=O) groups excluding carboxylic acids is 1. The van der Waals surface area contributed by atoms with Gasteiger partial charge in [0.15, 0.2) is 11.5 Å². The fraction of sp³-hybridized carbons (Fsp3) is 0.381. The Morgan fingerprint density at radius 1 is 1.10 bits per heavy atom. The molecule has 1 unspecified atom stereocenters. The zero-order chi connectivity index (χ0) is 22.3. The summed E-state index contributed by atoms with van der Waals surface area (Å²) < 4.78 is 53.7. The first-order chi connectivity index (χ1) is 14.1. The van der Waals surface area contributed by atoms with Gasteiger partial charge in [0.25, 0.3) is 5.91 Å². The summed E-state index contributed by atoms with van der Waals surface area (Å²) in [7, 11) is 1.46. The van der Waals surface area contributed by atoms with E-state index in [-0.39, 0.29) is 25.0 Å². The van der Waals surface area contributed by atoms with Crippen molar-refractivity contribution in [3.05, 3.63) is 53.6 Å². The van der Waals surface area contributed by atoms with E-state index in [1.54, 1.807) is 12.1 Å².